The number of carboxylic acids is 1. The van der Waals surface area contributed by atoms with Crippen LogP contribution in [0.3, 0.4) is 0 Å². The normalized spacial score (nSPS) is 16.1. The Morgan fingerprint density at radius 2 is 2.35 bits per heavy atom. The second-order valence-electron chi connectivity index (χ2n) is 4.22. The van der Waals surface area contributed by atoms with Crippen LogP contribution in [0, 0.1) is 5.92 Å². The summed E-state index contributed by atoms with van der Waals surface area (Å²) in [6.07, 6.45) is 5.68. The molecule has 0 aliphatic carbocycles. The number of hydrogen-bond donors (Lipinski definition) is 1. The van der Waals surface area contributed by atoms with Gasteiger partial charge in [0.2, 0.25) is 6.41 Å². The number of aliphatic carboxylic acids is 1. The molecule has 94 valence electrons. The average molecular weight is 239 g/mol. The van der Waals surface area contributed by atoms with Crippen molar-refractivity contribution in [3.8, 4) is 0 Å². The molecule has 0 unspecified atom stereocenters. The Labute approximate surface area is 100 Å². The van der Waals surface area contributed by atoms with Crippen LogP contribution < -0.4 is 0 Å². The van der Waals surface area contributed by atoms with Gasteiger partial charge in [0.05, 0.1) is 6.54 Å². The van der Waals surface area contributed by atoms with Crippen LogP contribution in [0.5, 0.6) is 0 Å². The summed E-state index contributed by atoms with van der Waals surface area (Å²) in [7, 11) is 0. The lowest BCUT2D eigenvalue weighted by molar-refractivity contribution is -0.156. The number of aliphatic imine (C=N–C) groups is 1. The standard InChI is InChI=1S/C11H17N3O3/c1-9(2)7-10(11(16)17)14(8-15)13-5-3-12-4-6-13/h3-5,8-10H,6-7H2,1-2H3,(H,16,17)/t10-/m0/s1. The molecule has 0 radical (unpaired) electrons. The van der Waals surface area contributed by atoms with Crippen molar-refractivity contribution in [3.63, 3.8) is 0 Å². The Morgan fingerprint density at radius 1 is 1.65 bits per heavy atom. The number of rotatable bonds is 6. The van der Waals surface area contributed by atoms with Crippen molar-refractivity contribution in [2.45, 2.75) is 26.3 Å². The molecule has 1 atom stereocenters. The molecule has 1 amide bonds. The smallest absolute Gasteiger partial charge is 0.328 e. The predicted octanol–water partition coefficient (Wildman–Crippen LogP) is 0.717. The van der Waals surface area contributed by atoms with E-state index in [-0.39, 0.29) is 5.92 Å². The van der Waals surface area contributed by atoms with E-state index in [1.165, 1.54) is 11.2 Å². The van der Waals surface area contributed by atoms with E-state index in [0.717, 1.165) is 0 Å². The Bertz CT molecular complexity index is 339. The van der Waals surface area contributed by atoms with Crippen molar-refractivity contribution in [1.82, 2.24) is 10.0 Å². The minimum atomic E-state index is -0.998. The van der Waals surface area contributed by atoms with Crippen molar-refractivity contribution < 1.29 is 14.7 Å². The first-order valence-electron chi connectivity index (χ1n) is 5.47. The van der Waals surface area contributed by atoms with Crippen LogP contribution in [-0.2, 0) is 9.59 Å². The van der Waals surface area contributed by atoms with E-state index in [2.05, 4.69) is 4.99 Å². The van der Waals surface area contributed by atoms with Crippen LogP contribution in [-0.4, -0.2) is 46.3 Å². The van der Waals surface area contributed by atoms with Crippen LogP contribution in [0.4, 0.5) is 0 Å². The van der Waals surface area contributed by atoms with Crippen LogP contribution >= 0.6 is 0 Å². The Hall–Kier alpha value is -1.85. The molecule has 17 heavy (non-hydrogen) atoms. The molecule has 0 saturated heterocycles. The van der Waals surface area contributed by atoms with Gasteiger partial charge in [-0.3, -0.25) is 14.8 Å². The minimum absolute atomic E-state index is 0.195. The van der Waals surface area contributed by atoms with Gasteiger partial charge in [-0.25, -0.2) is 9.80 Å². The lowest BCUT2D eigenvalue weighted by atomic mass is 10.0. The van der Waals surface area contributed by atoms with Gasteiger partial charge in [-0.1, -0.05) is 13.8 Å². The average Bonchev–Trinajstić information content (AvgIpc) is 2.29. The van der Waals surface area contributed by atoms with Crippen molar-refractivity contribution in [2.24, 2.45) is 10.9 Å². The second kappa shape index (κ2) is 6.03. The zero-order valence-corrected chi connectivity index (χ0v) is 9.98. The third-order valence-electron chi connectivity index (χ3n) is 2.40. The van der Waals surface area contributed by atoms with Crippen molar-refractivity contribution >= 4 is 18.6 Å². The predicted molar refractivity (Wildman–Crippen MR) is 63.1 cm³/mol. The maximum Gasteiger partial charge on any atom is 0.328 e. The van der Waals surface area contributed by atoms with Crippen LogP contribution in [0.25, 0.3) is 0 Å². The van der Waals surface area contributed by atoms with Gasteiger partial charge >= 0.3 is 5.97 Å². The topological polar surface area (TPSA) is 73.2 Å². The number of carbonyl (C=O) groups excluding carboxylic acids is 1. The van der Waals surface area contributed by atoms with Gasteiger partial charge in [-0.15, -0.1) is 0 Å². The van der Waals surface area contributed by atoms with Gasteiger partial charge in [0, 0.05) is 18.6 Å². The molecule has 1 aliphatic rings. The quantitative estimate of drug-likeness (QED) is 0.693. The maximum atomic E-state index is 11.2. The minimum Gasteiger partial charge on any atom is -0.480 e. The highest BCUT2D eigenvalue weighted by molar-refractivity contribution is 5.76. The van der Waals surface area contributed by atoms with Crippen molar-refractivity contribution in [1.29, 1.82) is 0 Å². The number of amides is 1. The number of carboxylic acid groups (broad SMARTS) is 1. The summed E-state index contributed by atoms with van der Waals surface area (Å²) in [6, 6.07) is -0.844. The number of carbonyl (C=O) groups is 2. The zero-order valence-electron chi connectivity index (χ0n) is 9.98. The van der Waals surface area contributed by atoms with Crippen LogP contribution in [0.1, 0.15) is 20.3 Å². The fourth-order valence-electron chi connectivity index (χ4n) is 1.62. The lowest BCUT2D eigenvalue weighted by Crippen LogP contribution is -2.50. The van der Waals surface area contributed by atoms with Gasteiger partial charge in [-0.2, -0.15) is 0 Å². The highest BCUT2D eigenvalue weighted by atomic mass is 16.4. The Balaban J connectivity index is 2.81. The second-order valence-corrected chi connectivity index (χ2v) is 4.22. The first-order valence-corrected chi connectivity index (χ1v) is 5.47. The summed E-state index contributed by atoms with van der Waals surface area (Å²) in [5.74, 6) is -0.803. The summed E-state index contributed by atoms with van der Waals surface area (Å²) in [6.45, 7) is 4.25. The van der Waals surface area contributed by atoms with E-state index in [9.17, 15) is 9.59 Å². The molecule has 1 N–H and O–H groups in total. The molecule has 6 nitrogen and oxygen atoms in total. The monoisotopic (exact) mass is 239 g/mol. The molecule has 0 saturated carbocycles. The molecule has 0 aromatic rings. The molecule has 1 rings (SSSR count). The molecular weight excluding hydrogens is 222 g/mol. The highest BCUT2D eigenvalue weighted by Crippen LogP contribution is 2.14. The largest absolute Gasteiger partial charge is 0.480 e. The van der Waals surface area contributed by atoms with E-state index >= 15 is 0 Å². The number of hydrazine groups is 1. The van der Waals surface area contributed by atoms with E-state index in [1.807, 2.05) is 13.8 Å². The fraction of sp³-hybridized carbons (Fsp3) is 0.545. The van der Waals surface area contributed by atoms with Gasteiger partial charge in [-0.05, 0) is 12.3 Å². The van der Waals surface area contributed by atoms with Gasteiger partial charge in [0.1, 0.15) is 0 Å². The SMILES string of the molecule is CC(C)C[C@@H](C(=O)O)N(C=O)N1C=CN=CC1. The Kier molecular flexibility index (Phi) is 4.68. The van der Waals surface area contributed by atoms with Gasteiger partial charge < -0.3 is 5.11 Å². The Morgan fingerprint density at radius 3 is 2.76 bits per heavy atom. The van der Waals surface area contributed by atoms with E-state index in [0.29, 0.717) is 19.4 Å². The van der Waals surface area contributed by atoms with Crippen molar-refractivity contribution in [2.75, 3.05) is 6.54 Å². The van der Waals surface area contributed by atoms with E-state index in [4.69, 9.17) is 5.11 Å². The third-order valence-corrected chi connectivity index (χ3v) is 2.40. The summed E-state index contributed by atoms with van der Waals surface area (Å²) < 4.78 is 0. The maximum absolute atomic E-state index is 11.2. The molecule has 0 bridgehead atoms. The summed E-state index contributed by atoms with van der Waals surface area (Å²) >= 11 is 0. The molecule has 0 aromatic heterocycles. The first-order chi connectivity index (χ1) is 8.06. The molecule has 1 aliphatic heterocycles. The van der Waals surface area contributed by atoms with E-state index < -0.39 is 12.0 Å². The molecule has 0 aromatic carbocycles. The van der Waals surface area contributed by atoms with Crippen molar-refractivity contribution in [3.05, 3.63) is 12.4 Å². The van der Waals surface area contributed by atoms with Gasteiger partial charge in [0.25, 0.3) is 0 Å². The van der Waals surface area contributed by atoms with E-state index in [1.54, 1.807) is 17.4 Å². The summed E-state index contributed by atoms with van der Waals surface area (Å²) in [5, 5.41) is 11.9. The number of hydrogen-bond acceptors (Lipinski definition) is 4. The summed E-state index contributed by atoms with van der Waals surface area (Å²) in [4.78, 5) is 26.1. The zero-order chi connectivity index (χ0) is 12.8. The molecule has 6 heteroatoms. The summed E-state index contributed by atoms with van der Waals surface area (Å²) in [5.41, 5.74) is 0. The lowest BCUT2D eigenvalue weighted by Gasteiger charge is -2.35. The first kappa shape index (κ1) is 13.2. The molecule has 1 heterocycles. The highest BCUT2D eigenvalue weighted by Gasteiger charge is 2.28. The molecular formula is C11H17N3O3. The van der Waals surface area contributed by atoms with Crippen LogP contribution in [0.15, 0.2) is 17.4 Å². The third kappa shape index (κ3) is 3.58. The molecule has 0 spiro atoms. The molecule has 0 fully saturated rings. The fourth-order valence-corrected chi connectivity index (χ4v) is 1.62. The van der Waals surface area contributed by atoms with Gasteiger partial charge in [0.15, 0.2) is 6.04 Å². The van der Waals surface area contributed by atoms with Crippen LogP contribution in [0.2, 0.25) is 0 Å². The number of nitrogens with zero attached hydrogens (tertiary/aromatic N) is 3.